The molecule has 6 heteroatoms. The fraction of sp³-hybridized carbons (Fsp3) is 0.0714. The monoisotopic (exact) mass is 290 g/mol. The molecule has 1 N–H and O–H groups in total. The predicted molar refractivity (Wildman–Crippen MR) is 75.3 cm³/mol. The molecule has 0 aliphatic heterocycles. The molecule has 0 aromatic heterocycles. The molecule has 0 bridgehead atoms. The number of benzene rings is 2. The lowest BCUT2D eigenvalue weighted by Gasteiger charge is -2.18. The van der Waals surface area contributed by atoms with Gasteiger partial charge >= 0.3 is 0 Å². The van der Waals surface area contributed by atoms with Gasteiger partial charge in [0.15, 0.2) is 0 Å². The maximum absolute atomic E-state index is 12.2. The van der Waals surface area contributed by atoms with Gasteiger partial charge in [-0.25, -0.2) is 8.42 Å². The van der Waals surface area contributed by atoms with Crippen molar-refractivity contribution in [1.29, 1.82) is 0 Å². The van der Waals surface area contributed by atoms with E-state index < -0.39 is 15.9 Å². The van der Waals surface area contributed by atoms with Crippen molar-refractivity contribution in [3.05, 3.63) is 66.2 Å². The Morgan fingerprint density at radius 2 is 1.45 bits per heavy atom. The second-order valence-electron chi connectivity index (χ2n) is 4.09. The highest BCUT2D eigenvalue weighted by atomic mass is 32.2. The third-order valence-electron chi connectivity index (χ3n) is 2.70. The van der Waals surface area contributed by atoms with E-state index in [1.165, 1.54) is 19.2 Å². The molecule has 0 saturated heterocycles. The van der Waals surface area contributed by atoms with E-state index in [9.17, 15) is 13.2 Å². The van der Waals surface area contributed by atoms with E-state index in [4.69, 9.17) is 0 Å². The van der Waals surface area contributed by atoms with Crippen LogP contribution in [0.2, 0.25) is 0 Å². The number of hydrogen-bond donors (Lipinski definition) is 1. The van der Waals surface area contributed by atoms with Gasteiger partial charge in [-0.2, -0.15) is 0 Å². The summed E-state index contributed by atoms with van der Waals surface area (Å²) in [4.78, 5) is 12.0. The van der Waals surface area contributed by atoms with E-state index in [0.29, 0.717) is 5.56 Å². The van der Waals surface area contributed by atoms with Crippen molar-refractivity contribution in [2.45, 2.75) is 4.90 Å². The number of rotatable bonds is 4. The summed E-state index contributed by atoms with van der Waals surface area (Å²) in [6, 6.07) is 16.3. The number of nitrogens with one attached hydrogen (secondary N) is 1. The van der Waals surface area contributed by atoms with Crippen LogP contribution in [0.5, 0.6) is 0 Å². The normalized spacial score (nSPS) is 11.3. The van der Waals surface area contributed by atoms with Gasteiger partial charge in [-0.1, -0.05) is 36.4 Å². The smallest absolute Gasteiger partial charge is 0.266 e. The van der Waals surface area contributed by atoms with Crippen LogP contribution in [0.15, 0.2) is 65.6 Å². The van der Waals surface area contributed by atoms with Crippen molar-refractivity contribution < 1.29 is 13.2 Å². The van der Waals surface area contributed by atoms with Gasteiger partial charge in [-0.3, -0.25) is 10.2 Å². The topological polar surface area (TPSA) is 66.5 Å². The number of sulfonamides is 1. The Balaban J connectivity index is 2.17. The largest absolute Gasteiger partial charge is 0.271 e. The minimum absolute atomic E-state index is 0.121. The standard InChI is InChI=1S/C14H14N2O3S/c1-16(15-14(17)12-8-4-2-5-9-12)20(18,19)13-10-6-3-7-11-13/h2-11H,1H3,(H,15,17). The van der Waals surface area contributed by atoms with Crippen molar-refractivity contribution in [3.8, 4) is 0 Å². The molecule has 0 radical (unpaired) electrons. The third-order valence-corrected chi connectivity index (χ3v) is 4.38. The summed E-state index contributed by atoms with van der Waals surface area (Å²) >= 11 is 0. The Morgan fingerprint density at radius 3 is 2.00 bits per heavy atom. The second kappa shape index (κ2) is 5.85. The first-order chi connectivity index (χ1) is 9.51. The predicted octanol–water partition coefficient (Wildman–Crippen LogP) is 1.65. The first-order valence-electron chi connectivity index (χ1n) is 5.92. The molecule has 2 rings (SSSR count). The molecular weight excluding hydrogens is 276 g/mol. The summed E-state index contributed by atoms with van der Waals surface area (Å²) < 4.78 is 25.2. The van der Waals surface area contributed by atoms with Crippen LogP contribution in [0.1, 0.15) is 10.4 Å². The van der Waals surface area contributed by atoms with E-state index in [1.54, 1.807) is 48.5 Å². The van der Waals surface area contributed by atoms with Crippen molar-refractivity contribution in [2.75, 3.05) is 7.05 Å². The lowest BCUT2D eigenvalue weighted by atomic mass is 10.2. The number of amides is 1. The van der Waals surface area contributed by atoms with Crippen LogP contribution in [0, 0.1) is 0 Å². The van der Waals surface area contributed by atoms with Gasteiger partial charge in [-0.05, 0) is 24.3 Å². The maximum atomic E-state index is 12.2. The van der Waals surface area contributed by atoms with Crippen LogP contribution in [-0.4, -0.2) is 25.8 Å². The zero-order valence-electron chi connectivity index (χ0n) is 10.9. The first kappa shape index (κ1) is 14.2. The van der Waals surface area contributed by atoms with Gasteiger partial charge in [0, 0.05) is 12.6 Å². The molecule has 20 heavy (non-hydrogen) atoms. The molecular formula is C14H14N2O3S. The number of carbonyl (C=O) groups excluding carboxylic acids is 1. The fourth-order valence-corrected chi connectivity index (χ4v) is 2.63. The van der Waals surface area contributed by atoms with Crippen molar-refractivity contribution in [1.82, 2.24) is 9.84 Å². The lowest BCUT2D eigenvalue weighted by Crippen LogP contribution is -2.43. The van der Waals surface area contributed by atoms with E-state index in [2.05, 4.69) is 5.43 Å². The Bertz CT molecular complexity index is 685. The third kappa shape index (κ3) is 3.04. The van der Waals surface area contributed by atoms with Gasteiger partial charge in [0.1, 0.15) is 0 Å². The molecule has 0 aliphatic carbocycles. The summed E-state index contributed by atoms with van der Waals surface area (Å²) in [6.07, 6.45) is 0. The summed E-state index contributed by atoms with van der Waals surface area (Å²) in [6.45, 7) is 0. The van der Waals surface area contributed by atoms with E-state index >= 15 is 0 Å². The van der Waals surface area contributed by atoms with E-state index in [1.807, 2.05) is 0 Å². The summed E-state index contributed by atoms with van der Waals surface area (Å²) in [7, 11) is -2.45. The quantitative estimate of drug-likeness (QED) is 0.871. The highest BCUT2D eigenvalue weighted by molar-refractivity contribution is 7.89. The molecule has 0 fully saturated rings. The fourth-order valence-electron chi connectivity index (χ4n) is 1.61. The molecule has 0 heterocycles. The summed E-state index contributed by atoms with van der Waals surface area (Å²) in [5, 5.41) is 0. The highest BCUT2D eigenvalue weighted by Gasteiger charge is 2.22. The Labute approximate surface area is 117 Å². The zero-order valence-corrected chi connectivity index (χ0v) is 11.7. The summed E-state index contributed by atoms with van der Waals surface area (Å²) in [5.41, 5.74) is 2.73. The summed E-state index contributed by atoms with van der Waals surface area (Å²) in [5.74, 6) is -0.479. The zero-order chi connectivity index (χ0) is 14.6. The number of nitrogens with zero attached hydrogens (tertiary/aromatic N) is 1. The first-order valence-corrected chi connectivity index (χ1v) is 7.36. The molecule has 0 aliphatic rings. The number of hydrogen-bond acceptors (Lipinski definition) is 3. The van der Waals surface area contributed by atoms with Gasteiger partial charge in [-0.15, -0.1) is 4.41 Å². The van der Waals surface area contributed by atoms with Gasteiger partial charge in [0.05, 0.1) is 4.90 Å². The Hall–Kier alpha value is -2.18. The van der Waals surface area contributed by atoms with Crippen molar-refractivity contribution >= 4 is 15.9 Å². The van der Waals surface area contributed by atoms with Gasteiger partial charge in [0.25, 0.3) is 15.9 Å². The van der Waals surface area contributed by atoms with E-state index in [0.717, 1.165) is 4.41 Å². The number of carbonyl (C=O) groups is 1. The SMILES string of the molecule is CN(NC(=O)c1ccccc1)S(=O)(=O)c1ccccc1. The Kier molecular flexibility index (Phi) is 4.16. The minimum Gasteiger partial charge on any atom is -0.271 e. The molecule has 2 aromatic rings. The maximum Gasteiger partial charge on any atom is 0.266 e. The molecule has 2 aromatic carbocycles. The van der Waals surface area contributed by atoms with Crippen LogP contribution < -0.4 is 5.43 Å². The van der Waals surface area contributed by atoms with Crippen molar-refractivity contribution in [2.24, 2.45) is 0 Å². The molecule has 5 nitrogen and oxygen atoms in total. The molecule has 0 unspecified atom stereocenters. The molecule has 104 valence electrons. The second-order valence-corrected chi connectivity index (χ2v) is 6.06. The highest BCUT2D eigenvalue weighted by Crippen LogP contribution is 2.12. The average Bonchev–Trinajstić information content (AvgIpc) is 2.49. The van der Waals surface area contributed by atoms with Gasteiger partial charge in [0.2, 0.25) is 0 Å². The van der Waals surface area contributed by atoms with Crippen LogP contribution in [0.25, 0.3) is 0 Å². The van der Waals surface area contributed by atoms with E-state index in [-0.39, 0.29) is 4.90 Å². The van der Waals surface area contributed by atoms with Crippen molar-refractivity contribution in [3.63, 3.8) is 0 Å². The van der Waals surface area contributed by atoms with Gasteiger partial charge < -0.3 is 0 Å². The Morgan fingerprint density at radius 1 is 0.950 bits per heavy atom. The number of hydrazine groups is 1. The average molecular weight is 290 g/mol. The van der Waals surface area contributed by atoms with Crippen LogP contribution in [0.4, 0.5) is 0 Å². The van der Waals surface area contributed by atoms with Crippen LogP contribution >= 0.6 is 0 Å². The lowest BCUT2D eigenvalue weighted by molar-refractivity contribution is 0.0893. The molecule has 1 amide bonds. The van der Waals surface area contributed by atoms with Crippen LogP contribution in [-0.2, 0) is 10.0 Å². The minimum atomic E-state index is -3.74. The molecule has 0 atom stereocenters. The molecule has 0 saturated carbocycles. The molecule has 0 spiro atoms. The van der Waals surface area contributed by atoms with Crippen LogP contribution in [0.3, 0.4) is 0 Å².